The van der Waals surface area contributed by atoms with Crippen molar-refractivity contribution in [2.75, 3.05) is 7.11 Å². The summed E-state index contributed by atoms with van der Waals surface area (Å²) in [5.74, 6) is 1.52. The van der Waals surface area contributed by atoms with E-state index < -0.39 is 0 Å². The maximum atomic E-state index is 5.42. The zero-order valence-electron chi connectivity index (χ0n) is 13.4. The summed E-state index contributed by atoms with van der Waals surface area (Å²) >= 11 is 0. The first-order valence-electron chi connectivity index (χ1n) is 7.57. The Morgan fingerprint density at radius 2 is 1.62 bits per heavy atom. The first-order chi connectivity index (χ1) is 10.1. The van der Waals surface area contributed by atoms with Gasteiger partial charge in [-0.05, 0) is 30.0 Å². The van der Waals surface area contributed by atoms with Crippen molar-refractivity contribution in [1.29, 1.82) is 0 Å². The zero-order chi connectivity index (χ0) is 15.2. The van der Waals surface area contributed by atoms with Gasteiger partial charge in [0.25, 0.3) is 0 Å². The Labute approximate surface area is 128 Å². The lowest BCUT2D eigenvalue weighted by molar-refractivity contribution is 0.401. The second kappa shape index (κ2) is 7.28. The number of hydrogen-bond donors (Lipinski definition) is 1. The lowest BCUT2D eigenvalue weighted by Gasteiger charge is -2.17. The Hall–Kier alpha value is -1.80. The van der Waals surface area contributed by atoms with Crippen molar-refractivity contribution in [1.82, 2.24) is 5.32 Å². The van der Waals surface area contributed by atoms with Gasteiger partial charge in [-0.3, -0.25) is 0 Å². The Bertz CT molecular complexity index is 560. The van der Waals surface area contributed by atoms with E-state index in [0.717, 1.165) is 12.3 Å². The topological polar surface area (TPSA) is 21.3 Å². The zero-order valence-corrected chi connectivity index (χ0v) is 13.4. The smallest absolute Gasteiger partial charge is 0.123 e. The molecule has 0 saturated heterocycles. The molecule has 2 aromatic rings. The third-order valence-corrected chi connectivity index (χ3v) is 3.86. The molecule has 0 aliphatic carbocycles. The molecule has 0 saturated carbocycles. The fourth-order valence-corrected chi connectivity index (χ4v) is 2.43. The molecular formula is C19H25NO. The summed E-state index contributed by atoms with van der Waals surface area (Å²) in [4.78, 5) is 0. The summed E-state index contributed by atoms with van der Waals surface area (Å²) in [5, 5.41) is 3.56. The van der Waals surface area contributed by atoms with Crippen molar-refractivity contribution in [3.05, 3.63) is 65.2 Å². The number of rotatable bonds is 6. The fourth-order valence-electron chi connectivity index (χ4n) is 2.43. The van der Waals surface area contributed by atoms with Crippen LogP contribution in [-0.2, 0) is 6.54 Å². The lowest BCUT2D eigenvalue weighted by Crippen LogP contribution is -2.18. The summed E-state index contributed by atoms with van der Waals surface area (Å²) in [6.45, 7) is 7.46. The molecule has 21 heavy (non-hydrogen) atoms. The van der Waals surface area contributed by atoms with Gasteiger partial charge in [-0.2, -0.15) is 0 Å². The van der Waals surface area contributed by atoms with Crippen molar-refractivity contribution >= 4 is 0 Å². The van der Waals surface area contributed by atoms with Crippen LogP contribution in [0.25, 0.3) is 0 Å². The molecule has 0 spiro atoms. The standard InChI is InChI=1S/C19H25NO/c1-14(2)17-11-9-16(10-12-17)13-20-15(3)18-7-5-6-8-19(18)21-4/h5-12,14-15,20H,13H2,1-4H3/t15-/m0/s1. The molecule has 1 atom stereocenters. The molecule has 1 N–H and O–H groups in total. The lowest BCUT2D eigenvalue weighted by atomic mass is 10.0. The van der Waals surface area contributed by atoms with Crippen LogP contribution in [0.15, 0.2) is 48.5 Å². The normalized spacial score (nSPS) is 12.4. The molecule has 0 fully saturated rings. The Kier molecular flexibility index (Phi) is 5.40. The maximum absolute atomic E-state index is 5.42. The van der Waals surface area contributed by atoms with Gasteiger partial charge in [-0.1, -0.05) is 56.3 Å². The van der Waals surface area contributed by atoms with Crippen LogP contribution in [0, 0.1) is 0 Å². The second-order valence-corrected chi connectivity index (χ2v) is 5.74. The third kappa shape index (κ3) is 4.08. The molecule has 0 aromatic heterocycles. The van der Waals surface area contributed by atoms with Gasteiger partial charge in [0.1, 0.15) is 5.75 Å². The molecule has 2 nitrogen and oxygen atoms in total. The van der Waals surface area contributed by atoms with Gasteiger partial charge < -0.3 is 10.1 Å². The molecule has 0 unspecified atom stereocenters. The Morgan fingerprint density at radius 3 is 2.24 bits per heavy atom. The molecule has 2 heteroatoms. The third-order valence-electron chi connectivity index (χ3n) is 3.86. The predicted molar refractivity (Wildman–Crippen MR) is 88.8 cm³/mol. The van der Waals surface area contributed by atoms with Gasteiger partial charge in [0.2, 0.25) is 0 Å². The highest BCUT2D eigenvalue weighted by Gasteiger charge is 2.10. The number of para-hydroxylation sites is 1. The van der Waals surface area contributed by atoms with Crippen molar-refractivity contribution in [2.45, 2.75) is 39.3 Å². The number of benzene rings is 2. The molecule has 0 bridgehead atoms. The highest BCUT2D eigenvalue weighted by Crippen LogP contribution is 2.24. The summed E-state index contributed by atoms with van der Waals surface area (Å²) in [5.41, 5.74) is 3.89. The summed E-state index contributed by atoms with van der Waals surface area (Å²) in [6.07, 6.45) is 0. The van der Waals surface area contributed by atoms with E-state index in [-0.39, 0.29) is 6.04 Å². The van der Waals surface area contributed by atoms with Gasteiger partial charge >= 0.3 is 0 Å². The van der Waals surface area contributed by atoms with Gasteiger partial charge in [0.05, 0.1) is 7.11 Å². The van der Waals surface area contributed by atoms with Crippen LogP contribution in [0.4, 0.5) is 0 Å². The van der Waals surface area contributed by atoms with E-state index in [2.05, 4.69) is 56.4 Å². The van der Waals surface area contributed by atoms with Crippen LogP contribution in [0.3, 0.4) is 0 Å². The van der Waals surface area contributed by atoms with Crippen molar-refractivity contribution in [3.63, 3.8) is 0 Å². The predicted octanol–water partition coefficient (Wildman–Crippen LogP) is 4.67. The van der Waals surface area contributed by atoms with E-state index in [4.69, 9.17) is 4.74 Å². The van der Waals surface area contributed by atoms with Crippen molar-refractivity contribution in [3.8, 4) is 5.75 Å². The first kappa shape index (κ1) is 15.6. The largest absolute Gasteiger partial charge is 0.496 e. The van der Waals surface area contributed by atoms with E-state index in [1.165, 1.54) is 16.7 Å². The van der Waals surface area contributed by atoms with E-state index in [9.17, 15) is 0 Å². The molecule has 0 heterocycles. The van der Waals surface area contributed by atoms with Crippen LogP contribution in [0.2, 0.25) is 0 Å². The van der Waals surface area contributed by atoms with Gasteiger partial charge in [-0.15, -0.1) is 0 Å². The van der Waals surface area contributed by atoms with Crippen molar-refractivity contribution in [2.24, 2.45) is 0 Å². The van der Waals surface area contributed by atoms with E-state index in [1.807, 2.05) is 18.2 Å². The quantitative estimate of drug-likeness (QED) is 0.832. The van der Waals surface area contributed by atoms with E-state index in [0.29, 0.717) is 5.92 Å². The minimum atomic E-state index is 0.255. The van der Waals surface area contributed by atoms with Crippen LogP contribution in [-0.4, -0.2) is 7.11 Å². The molecule has 2 aromatic carbocycles. The molecular weight excluding hydrogens is 258 g/mol. The highest BCUT2D eigenvalue weighted by atomic mass is 16.5. The molecule has 0 radical (unpaired) electrons. The van der Waals surface area contributed by atoms with Gasteiger partial charge in [-0.25, -0.2) is 0 Å². The Morgan fingerprint density at radius 1 is 0.952 bits per heavy atom. The van der Waals surface area contributed by atoms with E-state index >= 15 is 0 Å². The number of hydrogen-bond acceptors (Lipinski definition) is 2. The molecule has 0 aliphatic rings. The minimum Gasteiger partial charge on any atom is -0.496 e. The average molecular weight is 283 g/mol. The van der Waals surface area contributed by atoms with Gasteiger partial charge in [0.15, 0.2) is 0 Å². The van der Waals surface area contributed by atoms with E-state index in [1.54, 1.807) is 7.11 Å². The fraction of sp³-hybridized carbons (Fsp3) is 0.368. The maximum Gasteiger partial charge on any atom is 0.123 e. The van der Waals surface area contributed by atoms with Crippen LogP contribution in [0.1, 0.15) is 49.4 Å². The molecule has 112 valence electrons. The summed E-state index contributed by atoms with van der Waals surface area (Å²) < 4.78 is 5.42. The summed E-state index contributed by atoms with van der Waals surface area (Å²) in [7, 11) is 1.72. The van der Waals surface area contributed by atoms with Gasteiger partial charge in [0, 0.05) is 18.2 Å². The number of ether oxygens (including phenoxy) is 1. The van der Waals surface area contributed by atoms with Crippen LogP contribution < -0.4 is 10.1 Å². The average Bonchev–Trinajstić information content (AvgIpc) is 2.52. The first-order valence-corrected chi connectivity index (χ1v) is 7.57. The van der Waals surface area contributed by atoms with Crippen LogP contribution >= 0.6 is 0 Å². The second-order valence-electron chi connectivity index (χ2n) is 5.74. The molecule has 0 aliphatic heterocycles. The monoisotopic (exact) mass is 283 g/mol. The highest BCUT2D eigenvalue weighted by molar-refractivity contribution is 5.35. The SMILES string of the molecule is COc1ccccc1[C@H](C)NCc1ccc(C(C)C)cc1. The van der Waals surface area contributed by atoms with Crippen molar-refractivity contribution < 1.29 is 4.74 Å². The molecule has 0 amide bonds. The van der Waals surface area contributed by atoms with Crippen LogP contribution in [0.5, 0.6) is 5.75 Å². The Balaban J connectivity index is 1.99. The number of nitrogens with one attached hydrogen (secondary N) is 1. The molecule has 2 rings (SSSR count). The minimum absolute atomic E-state index is 0.255. The number of methoxy groups -OCH3 is 1. The summed E-state index contributed by atoms with van der Waals surface area (Å²) in [6, 6.07) is 17.3.